The normalized spacial score (nSPS) is 23.6. The highest BCUT2D eigenvalue weighted by Crippen LogP contribution is 2.50. The van der Waals surface area contributed by atoms with E-state index in [-0.39, 0.29) is 58.8 Å². The molecule has 12 N–H and O–H groups in total. The first-order valence-electron chi connectivity index (χ1n) is 33.7. The molecule has 0 radical (unpaired) electrons. The van der Waals surface area contributed by atoms with Gasteiger partial charge in [-0.2, -0.15) is 25.3 Å². The maximum absolute atomic E-state index is 13.7. The standard InChI is InChI=1S/C23H29BrN5O8P.C22H28FN4O8P.C22H27FN3O9P/c1-12(2)35-23(32)13(3)28-38(33,37-14-7-5-4-6-8-14)34-10-17-19(30)20(31)21(36-17)16-9-15(24)18-22(25)26-11-27-29(16)18;1-13(2)33-21(29)14(3)26-36(31,35-15-7-5-4-6-8-15)32-12-17-19(28)16(11-23)20(34-17)27-10-9-18(24)25-22(27)30;1-13(2)33-21(29)14(3)25-36(31,35-15-7-5-4-6-8-15)32-12-17-19(28)16(11-23)20(34-17)26-10-9-18(27)24-22(26)30/h4-9,11-13,17,19-21,30-31H,10H2,1-3H3,(H,28,33)(H2,25,26,27);4-11,13-14,17,19-20,28H,12H2,1-3H3,(H,26,31)(H2,24,25,30);4-11,13-14,17,19-20,28H,12H2,1-3H3,(H,25,31)(H,24,27,30)/b;2*16-11+/t13-,17-,19-,20-,21+,38?;2*14-,17-,19+,20-,36?/m111/s1. The first-order chi connectivity index (χ1) is 52.0. The van der Waals surface area contributed by atoms with Gasteiger partial charge in [0, 0.05) is 34.1 Å². The summed E-state index contributed by atoms with van der Waals surface area (Å²) >= 11 is 3.40. The predicted molar refractivity (Wildman–Crippen MR) is 391 cm³/mol. The number of aliphatic hydroxyl groups is 4. The van der Waals surface area contributed by atoms with Gasteiger partial charge in [-0.1, -0.05) is 54.6 Å². The summed E-state index contributed by atoms with van der Waals surface area (Å²) in [6, 6.07) is 25.0. The molecule has 0 aliphatic carbocycles. The lowest BCUT2D eigenvalue weighted by Gasteiger charge is -2.25. The van der Waals surface area contributed by atoms with Crippen molar-refractivity contribution in [1.29, 1.82) is 0 Å². The summed E-state index contributed by atoms with van der Waals surface area (Å²) in [4.78, 5) is 82.0. The van der Waals surface area contributed by atoms with E-state index in [0.29, 0.717) is 15.7 Å². The molecule has 0 amide bonds. The number of nitrogens with one attached hydrogen (secondary N) is 4. The van der Waals surface area contributed by atoms with Crippen LogP contribution in [0.3, 0.4) is 0 Å². The number of fused-ring (bicyclic) bond motifs is 1. The van der Waals surface area contributed by atoms with Gasteiger partial charge in [0.2, 0.25) is 0 Å². The molecule has 3 saturated heterocycles. The van der Waals surface area contributed by atoms with Crippen LogP contribution < -0.4 is 57.2 Å². The number of nitrogens with two attached hydrogens (primary N) is 2. The zero-order valence-electron chi connectivity index (χ0n) is 60.3. The molecule has 7 heterocycles. The van der Waals surface area contributed by atoms with Crippen LogP contribution in [0.25, 0.3) is 5.52 Å². The van der Waals surface area contributed by atoms with Crippen LogP contribution in [-0.2, 0) is 70.1 Å². The topological polar surface area (TPSA) is 502 Å². The molecule has 110 heavy (non-hydrogen) atoms. The fourth-order valence-corrected chi connectivity index (χ4v) is 15.5. The molecular weight excluding hydrogens is 1580 g/mol. The average Bonchev–Trinajstić information content (AvgIpc) is 1.62. The number of aliphatic hydroxyl groups excluding tert-OH is 4. The Morgan fingerprint density at radius 1 is 0.591 bits per heavy atom. The molecule has 3 aliphatic heterocycles. The summed E-state index contributed by atoms with van der Waals surface area (Å²) in [7, 11) is -12.7. The third-order valence-electron chi connectivity index (χ3n) is 15.5. The van der Waals surface area contributed by atoms with E-state index in [2.05, 4.69) is 46.3 Å². The maximum Gasteiger partial charge on any atom is 0.459 e. The molecule has 3 aliphatic rings. The monoisotopic (exact) mass is 1670 g/mol. The minimum absolute atomic E-state index is 0.0457. The number of nitrogens with zero attached hydrogens (tertiary/aromatic N) is 6. The molecule has 3 unspecified atom stereocenters. The number of hydrogen-bond donors (Lipinski definition) is 10. The van der Waals surface area contributed by atoms with Crippen LogP contribution in [-0.4, -0.2) is 171 Å². The van der Waals surface area contributed by atoms with Gasteiger partial charge >= 0.3 is 52.5 Å². The first kappa shape index (κ1) is 86.8. The Bertz CT molecular complexity index is 4690. The molecule has 0 saturated carbocycles. The number of anilines is 2. The molecule has 16 atom stereocenters. The number of halogens is 3. The number of esters is 3. The van der Waals surface area contributed by atoms with Gasteiger partial charge in [-0.05, 0) is 127 Å². The minimum atomic E-state index is -4.28. The van der Waals surface area contributed by atoms with Crippen LogP contribution in [0.4, 0.5) is 20.4 Å². The summed E-state index contributed by atoms with van der Waals surface area (Å²) < 4.78 is 138. The lowest BCUT2D eigenvalue weighted by molar-refractivity contribution is -0.150. The van der Waals surface area contributed by atoms with Gasteiger partial charge < -0.3 is 73.9 Å². The molecule has 0 spiro atoms. The van der Waals surface area contributed by atoms with Crippen molar-refractivity contribution >= 4 is 74.2 Å². The Balaban J connectivity index is 0.000000208. The highest BCUT2D eigenvalue weighted by molar-refractivity contribution is 9.10. The van der Waals surface area contributed by atoms with Crippen molar-refractivity contribution in [2.75, 3.05) is 31.3 Å². The van der Waals surface area contributed by atoms with E-state index in [9.17, 15) is 71.7 Å². The number of carbonyl (C=O) groups excluding carboxylic acids is 3. The van der Waals surface area contributed by atoms with Crippen molar-refractivity contribution in [3.63, 3.8) is 0 Å². The first-order valence-corrected chi connectivity index (χ1v) is 39.1. The molecule has 4 aromatic heterocycles. The van der Waals surface area contributed by atoms with E-state index < -0.39 is 170 Å². The van der Waals surface area contributed by atoms with Gasteiger partial charge in [-0.25, -0.2) is 41.6 Å². The number of rotatable bonds is 30. The SMILES string of the molecule is CC(C)OC(=O)[C@@H](C)NP(=O)(OC[C@H]1O[C@@H](c2cc(Br)c3c(N)ncnn23)[C@H](O)[C@@H]1O)Oc1ccccc1.CC(C)OC(=O)[C@@H](C)NP(=O)(OC[C@H]1O[C@@H](n2ccc(=O)[nH]c2=O)/C(=C/F)[C@@H]1O)Oc1ccccc1.CC(C)OC(=O)[C@@H](C)NP(=O)(OC[C@H]1O[C@@H](n2ccc(N)nc2=O)/C(=C/F)[C@@H]1O)Oc1ccccc1. The lowest BCUT2D eigenvalue weighted by Crippen LogP contribution is -2.38. The average molecular weight is 1670 g/mol. The fourth-order valence-electron chi connectivity index (χ4n) is 10.4. The Kier molecular flexibility index (Phi) is 30.7. The second kappa shape index (κ2) is 38.9. The van der Waals surface area contributed by atoms with Crippen molar-refractivity contribution < 1.29 is 113 Å². The van der Waals surface area contributed by atoms with Crippen LogP contribution in [0, 0.1) is 0 Å². The van der Waals surface area contributed by atoms with Gasteiger partial charge in [0.25, 0.3) is 5.56 Å². The van der Waals surface area contributed by atoms with E-state index in [1.165, 1.54) is 68.1 Å². The largest absolute Gasteiger partial charge is 0.462 e. The van der Waals surface area contributed by atoms with Crippen molar-refractivity contribution in [3.05, 3.63) is 193 Å². The van der Waals surface area contributed by atoms with Gasteiger partial charge in [-0.15, -0.1) is 0 Å². The zero-order chi connectivity index (χ0) is 80.5. The Labute approximate surface area is 635 Å². The van der Waals surface area contributed by atoms with Crippen molar-refractivity contribution in [3.8, 4) is 17.2 Å². The van der Waals surface area contributed by atoms with Gasteiger partial charge in [0.15, 0.2) is 18.3 Å². The van der Waals surface area contributed by atoms with E-state index in [1.54, 1.807) is 114 Å². The second-order valence-electron chi connectivity index (χ2n) is 25.2. The fraction of sp³-hybridized carbons (Fsp3) is 0.418. The summed E-state index contributed by atoms with van der Waals surface area (Å²) in [5.41, 5.74) is 9.32. The number of hydrogen-bond acceptors (Lipinski definition) is 30. The summed E-state index contributed by atoms with van der Waals surface area (Å²) in [6.07, 6.45) is -10.8. The number of benzene rings is 3. The van der Waals surface area contributed by atoms with E-state index >= 15 is 0 Å². The molecule has 10 rings (SSSR count). The third kappa shape index (κ3) is 23.2. The number of ether oxygens (including phenoxy) is 6. The molecule has 3 aromatic carbocycles. The molecule has 43 heteroatoms. The Morgan fingerprint density at radius 3 is 1.38 bits per heavy atom. The number of aromatic nitrogens is 7. The van der Waals surface area contributed by atoms with Crippen LogP contribution in [0.15, 0.2) is 171 Å². The number of nitrogen functional groups attached to an aromatic ring is 2. The van der Waals surface area contributed by atoms with Crippen molar-refractivity contribution in [2.45, 2.75) is 160 Å². The van der Waals surface area contributed by atoms with Crippen molar-refractivity contribution in [2.24, 2.45) is 0 Å². The zero-order valence-corrected chi connectivity index (χ0v) is 64.6. The number of carbonyl (C=O) groups is 3. The van der Waals surface area contributed by atoms with Crippen molar-refractivity contribution in [1.82, 2.24) is 49.0 Å². The predicted octanol–water partition coefficient (Wildman–Crippen LogP) is 6.22. The van der Waals surface area contributed by atoms with E-state index in [0.717, 1.165) is 21.4 Å². The molecular formula is C67H84BrF2N12O25P3. The smallest absolute Gasteiger partial charge is 0.459 e. The Hall–Kier alpha value is -8.76. The van der Waals surface area contributed by atoms with E-state index in [1.807, 2.05) is 4.98 Å². The maximum atomic E-state index is 13.7. The number of H-pyrrole nitrogens is 1. The third-order valence-corrected chi connectivity index (χ3v) is 21.1. The van der Waals surface area contributed by atoms with Gasteiger partial charge in [0.05, 0.1) is 56.5 Å². The van der Waals surface area contributed by atoms with Crippen LogP contribution >= 0.6 is 39.2 Å². The highest BCUT2D eigenvalue weighted by Gasteiger charge is 2.48. The van der Waals surface area contributed by atoms with Crippen LogP contribution in [0.1, 0.15) is 86.6 Å². The van der Waals surface area contributed by atoms with E-state index in [4.69, 9.17) is 67.0 Å². The van der Waals surface area contributed by atoms with Gasteiger partial charge in [0.1, 0.15) is 102 Å². The molecule has 7 aromatic rings. The summed E-state index contributed by atoms with van der Waals surface area (Å²) in [5, 5.41) is 54.4. The molecule has 0 bridgehead atoms. The minimum Gasteiger partial charge on any atom is -0.462 e. The summed E-state index contributed by atoms with van der Waals surface area (Å²) in [5.74, 6) is -1.33. The van der Waals surface area contributed by atoms with Gasteiger partial charge in [-0.3, -0.25) is 46.9 Å². The molecule has 598 valence electrons. The number of para-hydroxylation sites is 3. The summed E-state index contributed by atoms with van der Waals surface area (Å²) in [6.45, 7) is 12.7. The molecule has 3 fully saturated rings. The van der Waals surface area contributed by atoms with Crippen LogP contribution in [0.2, 0.25) is 0 Å². The van der Waals surface area contributed by atoms with Crippen LogP contribution in [0.5, 0.6) is 17.2 Å². The lowest BCUT2D eigenvalue weighted by atomic mass is 10.1. The number of aromatic amines is 1. The second-order valence-corrected chi connectivity index (χ2v) is 31.2. The molecule has 37 nitrogen and oxygen atoms in total. The highest BCUT2D eigenvalue weighted by atomic mass is 79.9. The quantitative estimate of drug-likeness (QED) is 0.0136. The Morgan fingerprint density at radius 2 is 0.991 bits per heavy atom.